The Kier molecular flexibility index (Phi) is 2.88. The third-order valence-corrected chi connectivity index (χ3v) is 2.80. The molecule has 0 atom stereocenters. The molecule has 1 fully saturated rings. The Morgan fingerprint density at radius 1 is 1.47 bits per heavy atom. The van der Waals surface area contributed by atoms with Crippen LogP contribution in [0.25, 0.3) is 0 Å². The fraction of sp³-hybridized carbons (Fsp3) is 0.583. The van der Waals surface area contributed by atoms with Gasteiger partial charge in [-0.15, -0.1) is 0 Å². The molecule has 1 aromatic rings. The highest BCUT2D eigenvalue weighted by Crippen LogP contribution is 2.33. The van der Waals surface area contributed by atoms with Crippen LogP contribution in [0.15, 0.2) is 15.8 Å². The number of nitrogens with zero attached hydrogens (tertiary/aromatic N) is 3. The molecule has 5 nitrogen and oxygen atoms in total. The van der Waals surface area contributed by atoms with E-state index in [1.165, 1.54) is 15.3 Å². The van der Waals surface area contributed by atoms with Gasteiger partial charge in [0.25, 0.3) is 5.56 Å². The second-order valence-electron chi connectivity index (χ2n) is 4.89. The summed E-state index contributed by atoms with van der Waals surface area (Å²) < 4.78 is 2.71. The normalized spacial score (nSPS) is 14.9. The summed E-state index contributed by atoms with van der Waals surface area (Å²) in [6.07, 6.45) is 3.30. The number of rotatable bonds is 3. The van der Waals surface area contributed by atoms with Crippen molar-refractivity contribution in [3.05, 3.63) is 32.6 Å². The summed E-state index contributed by atoms with van der Waals surface area (Å²) in [5.41, 5.74) is -0.703. The Hall–Kier alpha value is -1.83. The van der Waals surface area contributed by atoms with Gasteiger partial charge in [0.15, 0.2) is 0 Å². The molecule has 1 saturated carbocycles. The third-order valence-electron chi connectivity index (χ3n) is 2.80. The van der Waals surface area contributed by atoms with Gasteiger partial charge < -0.3 is 0 Å². The molecule has 0 radical (unpaired) electrons. The van der Waals surface area contributed by atoms with E-state index in [0.717, 1.165) is 12.8 Å². The zero-order valence-electron chi connectivity index (χ0n) is 10.0. The van der Waals surface area contributed by atoms with Crippen LogP contribution in [0.4, 0.5) is 0 Å². The van der Waals surface area contributed by atoms with Crippen LogP contribution in [-0.2, 0) is 6.54 Å². The minimum Gasteiger partial charge on any atom is -0.296 e. The number of hydrogen-bond donors (Lipinski definition) is 0. The van der Waals surface area contributed by atoms with Gasteiger partial charge in [-0.1, -0.05) is 13.8 Å². The molecule has 0 spiro atoms. The number of aromatic nitrogens is 2. The topological polar surface area (TPSA) is 67.8 Å². The van der Waals surface area contributed by atoms with Crippen LogP contribution in [0.3, 0.4) is 0 Å². The fourth-order valence-electron chi connectivity index (χ4n) is 1.84. The maximum absolute atomic E-state index is 12.1. The molecule has 2 rings (SSSR count). The Labute approximate surface area is 98.9 Å². The summed E-state index contributed by atoms with van der Waals surface area (Å²) in [7, 11) is 0. The lowest BCUT2D eigenvalue weighted by Crippen LogP contribution is -2.41. The van der Waals surface area contributed by atoms with Crippen LogP contribution in [0, 0.1) is 17.2 Å². The molecule has 1 aromatic heterocycles. The summed E-state index contributed by atoms with van der Waals surface area (Å²) in [4.78, 5) is 24.0. The molecule has 17 heavy (non-hydrogen) atoms. The highest BCUT2D eigenvalue weighted by Gasteiger charge is 2.26. The average Bonchev–Trinajstić information content (AvgIpc) is 3.08. The van der Waals surface area contributed by atoms with Crippen molar-refractivity contribution in [1.29, 1.82) is 5.26 Å². The van der Waals surface area contributed by atoms with E-state index in [1.807, 2.05) is 19.9 Å². The van der Waals surface area contributed by atoms with E-state index in [-0.39, 0.29) is 23.2 Å². The highest BCUT2D eigenvalue weighted by molar-refractivity contribution is 5.23. The van der Waals surface area contributed by atoms with E-state index >= 15 is 0 Å². The second kappa shape index (κ2) is 4.21. The largest absolute Gasteiger partial charge is 0.331 e. The molecule has 0 amide bonds. The van der Waals surface area contributed by atoms with E-state index in [2.05, 4.69) is 0 Å². The van der Waals surface area contributed by atoms with E-state index in [9.17, 15) is 9.59 Å². The van der Waals surface area contributed by atoms with Crippen molar-refractivity contribution in [1.82, 2.24) is 9.13 Å². The Morgan fingerprint density at radius 2 is 2.12 bits per heavy atom. The van der Waals surface area contributed by atoms with Crippen molar-refractivity contribution in [3.8, 4) is 6.07 Å². The molecule has 0 aliphatic heterocycles. The first-order valence-electron chi connectivity index (χ1n) is 5.80. The van der Waals surface area contributed by atoms with Gasteiger partial charge in [-0.3, -0.25) is 13.9 Å². The lowest BCUT2D eigenvalue weighted by Gasteiger charge is -2.11. The van der Waals surface area contributed by atoms with E-state index in [1.54, 1.807) is 0 Å². The van der Waals surface area contributed by atoms with Crippen molar-refractivity contribution < 1.29 is 0 Å². The predicted octanol–water partition coefficient (Wildman–Crippen LogP) is 0.873. The zero-order valence-corrected chi connectivity index (χ0v) is 10.0. The molecule has 1 aliphatic carbocycles. The summed E-state index contributed by atoms with van der Waals surface area (Å²) in [6, 6.07) is 2.04. The molecule has 0 N–H and O–H groups in total. The molecular formula is C12H15N3O2. The van der Waals surface area contributed by atoms with Gasteiger partial charge in [-0.25, -0.2) is 4.79 Å². The summed E-state index contributed by atoms with van der Waals surface area (Å²) in [6.45, 7) is 4.23. The predicted molar refractivity (Wildman–Crippen MR) is 62.8 cm³/mol. The van der Waals surface area contributed by atoms with Crippen molar-refractivity contribution in [2.45, 2.75) is 39.3 Å². The Balaban J connectivity index is 2.63. The van der Waals surface area contributed by atoms with Crippen molar-refractivity contribution in [2.24, 2.45) is 5.92 Å². The first-order valence-corrected chi connectivity index (χ1v) is 5.80. The monoisotopic (exact) mass is 233 g/mol. The molecule has 1 aliphatic rings. The van der Waals surface area contributed by atoms with Crippen LogP contribution >= 0.6 is 0 Å². The molecule has 90 valence electrons. The molecule has 5 heteroatoms. The summed E-state index contributed by atoms with van der Waals surface area (Å²) >= 11 is 0. The summed E-state index contributed by atoms with van der Waals surface area (Å²) in [5, 5.41) is 8.92. The van der Waals surface area contributed by atoms with Gasteiger partial charge in [0.1, 0.15) is 11.6 Å². The quantitative estimate of drug-likeness (QED) is 0.778. The fourth-order valence-corrected chi connectivity index (χ4v) is 1.84. The lowest BCUT2D eigenvalue weighted by molar-refractivity contribution is 0.468. The summed E-state index contributed by atoms with van der Waals surface area (Å²) in [5.74, 6) is 0.196. The van der Waals surface area contributed by atoms with Crippen LogP contribution < -0.4 is 11.2 Å². The molecule has 0 bridgehead atoms. The molecular weight excluding hydrogens is 218 g/mol. The Bertz CT molecular complexity index is 585. The number of hydrogen-bond acceptors (Lipinski definition) is 3. The van der Waals surface area contributed by atoms with Gasteiger partial charge in [-0.2, -0.15) is 5.26 Å². The van der Waals surface area contributed by atoms with Gasteiger partial charge in [0, 0.05) is 18.8 Å². The van der Waals surface area contributed by atoms with Gasteiger partial charge in [-0.05, 0) is 18.8 Å². The standard InChI is InChI=1S/C12H15N3O2/c1-8(2)6-15-11(16)9(5-13)7-14(12(15)17)10-3-4-10/h7-8,10H,3-4,6H2,1-2H3. The molecule has 0 aromatic carbocycles. The van der Waals surface area contributed by atoms with Crippen molar-refractivity contribution in [2.75, 3.05) is 0 Å². The first kappa shape index (κ1) is 11.6. The molecule has 0 unspecified atom stereocenters. The van der Waals surface area contributed by atoms with E-state index in [0.29, 0.717) is 6.54 Å². The third kappa shape index (κ3) is 2.16. The highest BCUT2D eigenvalue weighted by atomic mass is 16.2. The minimum absolute atomic E-state index is 0.0529. The maximum atomic E-state index is 12.1. The molecule has 0 saturated heterocycles. The maximum Gasteiger partial charge on any atom is 0.331 e. The second-order valence-corrected chi connectivity index (χ2v) is 4.89. The van der Waals surface area contributed by atoms with Gasteiger partial charge >= 0.3 is 5.69 Å². The van der Waals surface area contributed by atoms with Gasteiger partial charge in [0.2, 0.25) is 0 Å². The smallest absolute Gasteiger partial charge is 0.296 e. The van der Waals surface area contributed by atoms with Gasteiger partial charge in [0.05, 0.1) is 0 Å². The minimum atomic E-state index is -0.469. The number of nitriles is 1. The lowest BCUT2D eigenvalue weighted by atomic mass is 10.2. The van der Waals surface area contributed by atoms with Crippen LogP contribution in [0.5, 0.6) is 0 Å². The SMILES string of the molecule is CC(C)Cn1c(=O)c(C#N)cn(C2CC2)c1=O. The molecule has 1 heterocycles. The van der Waals surface area contributed by atoms with E-state index in [4.69, 9.17) is 5.26 Å². The van der Waals surface area contributed by atoms with Crippen molar-refractivity contribution in [3.63, 3.8) is 0 Å². The van der Waals surface area contributed by atoms with Crippen molar-refractivity contribution >= 4 is 0 Å². The first-order chi connectivity index (χ1) is 8.04. The average molecular weight is 233 g/mol. The Morgan fingerprint density at radius 3 is 2.59 bits per heavy atom. The van der Waals surface area contributed by atoms with Crippen LogP contribution in [0.1, 0.15) is 38.3 Å². The van der Waals surface area contributed by atoms with Crippen LogP contribution in [-0.4, -0.2) is 9.13 Å². The zero-order chi connectivity index (χ0) is 12.6. The van der Waals surface area contributed by atoms with E-state index < -0.39 is 5.56 Å². The van der Waals surface area contributed by atoms with Crippen LogP contribution in [0.2, 0.25) is 0 Å².